The Morgan fingerprint density at radius 2 is 1.86 bits per heavy atom. The molecule has 0 atom stereocenters. The lowest BCUT2D eigenvalue weighted by atomic mass is 9.82. The van der Waals surface area contributed by atoms with Gasteiger partial charge >= 0.3 is 12.0 Å². The molecule has 0 spiro atoms. The number of nitrogens with one attached hydrogen (secondary N) is 1. The monoisotopic (exact) mass is 300 g/mol. The Hall–Kier alpha value is -1.30. The fourth-order valence-electron chi connectivity index (χ4n) is 2.78. The zero-order chi connectivity index (χ0) is 15.8. The van der Waals surface area contributed by atoms with E-state index in [1.807, 2.05) is 13.8 Å². The lowest BCUT2D eigenvalue weighted by molar-refractivity contribution is -0.143. The predicted molar refractivity (Wildman–Crippen MR) is 80.0 cm³/mol. The molecular weight excluding hydrogens is 272 g/mol. The molecule has 0 aromatic heterocycles. The largest absolute Gasteiger partial charge is 0.481 e. The molecule has 6 heteroatoms. The first-order valence-electron chi connectivity index (χ1n) is 7.83. The number of nitrogens with zero attached hydrogens (tertiary/aromatic N) is 1. The molecule has 0 heterocycles. The summed E-state index contributed by atoms with van der Waals surface area (Å²) < 4.78 is 0. The number of aliphatic hydroxyl groups excluding tert-OH is 1. The number of carbonyl (C=O) groups is 2. The molecule has 1 rings (SSSR count). The fourth-order valence-corrected chi connectivity index (χ4v) is 2.78. The third kappa shape index (κ3) is 5.91. The van der Waals surface area contributed by atoms with Gasteiger partial charge in [0.2, 0.25) is 0 Å². The van der Waals surface area contributed by atoms with Crippen molar-refractivity contribution in [2.75, 3.05) is 19.7 Å². The number of carboxylic acids is 1. The molecule has 0 saturated heterocycles. The summed E-state index contributed by atoms with van der Waals surface area (Å²) in [7, 11) is 0. The van der Waals surface area contributed by atoms with E-state index in [4.69, 9.17) is 10.2 Å². The van der Waals surface area contributed by atoms with Crippen LogP contribution in [0.2, 0.25) is 0 Å². The topological polar surface area (TPSA) is 89.9 Å². The number of aliphatic carboxylic acids is 1. The second-order valence-electron chi connectivity index (χ2n) is 6.11. The number of hydrogen-bond donors (Lipinski definition) is 3. The molecule has 0 bridgehead atoms. The minimum absolute atomic E-state index is 0.0791. The summed E-state index contributed by atoms with van der Waals surface area (Å²) in [5.41, 5.74) is 0. The van der Waals surface area contributed by atoms with Crippen molar-refractivity contribution in [1.82, 2.24) is 10.2 Å². The quantitative estimate of drug-likeness (QED) is 0.667. The lowest BCUT2D eigenvalue weighted by Gasteiger charge is -2.30. The highest BCUT2D eigenvalue weighted by Crippen LogP contribution is 2.28. The minimum Gasteiger partial charge on any atom is -0.481 e. The van der Waals surface area contributed by atoms with Crippen molar-refractivity contribution in [3.63, 3.8) is 0 Å². The normalized spacial score (nSPS) is 22.1. The molecule has 0 aliphatic heterocycles. The zero-order valence-electron chi connectivity index (χ0n) is 13.0. The van der Waals surface area contributed by atoms with Crippen LogP contribution in [0, 0.1) is 11.8 Å². The van der Waals surface area contributed by atoms with Gasteiger partial charge < -0.3 is 20.4 Å². The van der Waals surface area contributed by atoms with Crippen molar-refractivity contribution in [2.45, 2.75) is 52.0 Å². The Labute approximate surface area is 126 Å². The predicted octanol–water partition coefficient (Wildman–Crippen LogP) is 1.68. The highest BCUT2D eigenvalue weighted by molar-refractivity contribution is 5.74. The maximum atomic E-state index is 12.1. The van der Waals surface area contributed by atoms with Gasteiger partial charge in [-0.1, -0.05) is 0 Å². The van der Waals surface area contributed by atoms with Crippen LogP contribution in [0.1, 0.15) is 46.0 Å². The van der Waals surface area contributed by atoms with Crippen molar-refractivity contribution in [3.8, 4) is 0 Å². The highest BCUT2D eigenvalue weighted by atomic mass is 16.4. The van der Waals surface area contributed by atoms with Crippen LogP contribution < -0.4 is 5.32 Å². The summed E-state index contributed by atoms with van der Waals surface area (Å²) in [6.07, 6.45) is 3.70. The number of amides is 2. The van der Waals surface area contributed by atoms with Gasteiger partial charge in [-0.2, -0.15) is 0 Å². The molecule has 0 radical (unpaired) electrons. The highest BCUT2D eigenvalue weighted by Gasteiger charge is 2.26. The standard InChI is InChI=1S/C15H28N2O4/c1-11(2)17(8-3-9-18)15(21)16-10-12-4-6-13(7-5-12)14(19)20/h11-13,18H,3-10H2,1-2H3,(H,16,21)(H,19,20). The van der Waals surface area contributed by atoms with Crippen LogP contribution >= 0.6 is 0 Å². The molecule has 3 N–H and O–H groups in total. The van der Waals surface area contributed by atoms with Crippen molar-refractivity contribution in [1.29, 1.82) is 0 Å². The van der Waals surface area contributed by atoms with E-state index < -0.39 is 5.97 Å². The molecule has 1 aliphatic carbocycles. The molecular formula is C15H28N2O4. The van der Waals surface area contributed by atoms with Gasteiger partial charge in [0.25, 0.3) is 0 Å². The van der Waals surface area contributed by atoms with Crippen molar-refractivity contribution < 1.29 is 19.8 Å². The summed E-state index contributed by atoms with van der Waals surface area (Å²) in [4.78, 5) is 24.8. The second-order valence-corrected chi connectivity index (χ2v) is 6.11. The van der Waals surface area contributed by atoms with E-state index in [1.54, 1.807) is 4.90 Å². The average Bonchev–Trinajstić information content (AvgIpc) is 2.45. The van der Waals surface area contributed by atoms with E-state index in [2.05, 4.69) is 5.32 Å². The first-order valence-corrected chi connectivity index (χ1v) is 7.83. The summed E-state index contributed by atoms with van der Waals surface area (Å²) in [5, 5.41) is 20.8. The summed E-state index contributed by atoms with van der Waals surface area (Å²) in [6, 6.07) is -0.00175. The molecule has 0 unspecified atom stereocenters. The molecule has 1 fully saturated rings. The zero-order valence-corrected chi connectivity index (χ0v) is 13.0. The summed E-state index contributed by atoms with van der Waals surface area (Å²) >= 11 is 0. The van der Waals surface area contributed by atoms with E-state index in [0.29, 0.717) is 38.3 Å². The maximum absolute atomic E-state index is 12.1. The third-order valence-corrected chi connectivity index (χ3v) is 4.18. The van der Waals surface area contributed by atoms with Gasteiger partial charge in [-0.3, -0.25) is 4.79 Å². The first kappa shape index (κ1) is 17.8. The van der Waals surface area contributed by atoms with Crippen LogP contribution in [-0.4, -0.2) is 52.9 Å². The van der Waals surface area contributed by atoms with Gasteiger partial charge in [-0.25, -0.2) is 4.79 Å². The Morgan fingerprint density at radius 1 is 1.24 bits per heavy atom. The van der Waals surface area contributed by atoms with E-state index in [0.717, 1.165) is 12.8 Å². The Morgan fingerprint density at radius 3 is 2.33 bits per heavy atom. The van der Waals surface area contributed by atoms with Crippen molar-refractivity contribution in [3.05, 3.63) is 0 Å². The van der Waals surface area contributed by atoms with Gasteiger partial charge in [0.05, 0.1) is 5.92 Å². The van der Waals surface area contributed by atoms with Crippen molar-refractivity contribution in [2.24, 2.45) is 11.8 Å². The molecule has 21 heavy (non-hydrogen) atoms. The maximum Gasteiger partial charge on any atom is 0.317 e. The van der Waals surface area contributed by atoms with Crippen LogP contribution in [0.15, 0.2) is 0 Å². The first-order chi connectivity index (χ1) is 9.95. The number of aliphatic hydroxyl groups is 1. The second kappa shape index (κ2) is 8.87. The minimum atomic E-state index is -0.701. The number of urea groups is 1. The summed E-state index contributed by atoms with van der Waals surface area (Å²) in [5.74, 6) is -0.544. The smallest absolute Gasteiger partial charge is 0.317 e. The molecule has 6 nitrogen and oxygen atoms in total. The number of carboxylic acid groups (broad SMARTS) is 1. The molecule has 0 aromatic rings. The molecule has 1 saturated carbocycles. The Kier molecular flexibility index (Phi) is 7.50. The Bertz CT molecular complexity index is 339. The van der Waals surface area contributed by atoms with Crippen LogP contribution in [0.3, 0.4) is 0 Å². The van der Waals surface area contributed by atoms with Crippen LogP contribution in [0.25, 0.3) is 0 Å². The van der Waals surface area contributed by atoms with Gasteiger partial charge in [0.1, 0.15) is 0 Å². The molecule has 122 valence electrons. The number of hydrogen-bond acceptors (Lipinski definition) is 3. The number of rotatable bonds is 7. The van der Waals surface area contributed by atoms with Crippen LogP contribution in [-0.2, 0) is 4.79 Å². The Balaban J connectivity index is 2.33. The van der Waals surface area contributed by atoms with Crippen molar-refractivity contribution >= 4 is 12.0 Å². The SMILES string of the molecule is CC(C)N(CCCO)C(=O)NCC1CCC(C(=O)O)CC1. The van der Waals surface area contributed by atoms with Gasteiger partial charge in [-0.05, 0) is 51.9 Å². The number of carbonyl (C=O) groups excluding carboxylic acids is 1. The van der Waals surface area contributed by atoms with E-state index in [-0.39, 0.29) is 24.6 Å². The molecule has 2 amide bonds. The van der Waals surface area contributed by atoms with Crippen LogP contribution in [0.5, 0.6) is 0 Å². The van der Waals surface area contributed by atoms with E-state index >= 15 is 0 Å². The van der Waals surface area contributed by atoms with E-state index in [1.165, 1.54) is 0 Å². The fraction of sp³-hybridized carbons (Fsp3) is 0.867. The van der Waals surface area contributed by atoms with E-state index in [9.17, 15) is 9.59 Å². The molecule has 0 aromatic carbocycles. The van der Waals surface area contributed by atoms with Gasteiger partial charge in [0, 0.05) is 25.7 Å². The summed E-state index contributed by atoms with van der Waals surface area (Å²) in [6.45, 7) is 5.14. The van der Waals surface area contributed by atoms with Gasteiger partial charge in [0.15, 0.2) is 0 Å². The van der Waals surface area contributed by atoms with Crippen LogP contribution in [0.4, 0.5) is 4.79 Å². The lowest BCUT2D eigenvalue weighted by Crippen LogP contribution is -2.46. The average molecular weight is 300 g/mol. The molecule has 1 aliphatic rings. The van der Waals surface area contributed by atoms with Gasteiger partial charge in [-0.15, -0.1) is 0 Å². The third-order valence-electron chi connectivity index (χ3n) is 4.18.